The number of pyridine rings is 1. The Morgan fingerprint density at radius 3 is 3.00 bits per heavy atom. The number of hydrogen-bond donors (Lipinski definition) is 0. The van der Waals surface area contributed by atoms with Crippen molar-refractivity contribution >= 4 is 28.0 Å². The molecule has 0 aliphatic heterocycles. The zero-order valence-electron chi connectivity index (χ0n) is 10.8. The van der Waals surface area contributed by atoms with Crippen molar-refractivity contribution in [2.75, 3.05) is 0 Å². The van der Waals surface area contributed by atoms with Crippen molar-refractivity contribution in [3.63, 3.8) is 0 Å². The Kier molecular flexibility index (Phi) is 2.63. The first kappa shape index (κ1) is 11.7. The van der Waals surface area contributed by atoms with E-state index in [0.717, 1.165) is 39.2 Å². The number of fused-ring (bicyclic) bond motifs is 2. The minimum absolute atomic E-state index is 0.191. The molecule has 1 aromatic carbocycles. The number of aromatic nitrogens is 2. The number of Topliss-reactive ketones (excluding diaryl/α,β-unsaturated/α-hetero) is 1. The van der Waals surface area contributed by atoms with Gasteiger partial charge in [0.2, 0.25) is 0 Å². The number of rotatable bonds is 1. The molecule has 3 aromatic rings. The number of ketones is 1. The number of thiazole rings is 1. The number of benzene rings is 1. The summed E-state index contributed by atoms with van der Waals surface area (Å²) in [7, 11) is 0. The molecule has 0 N–H and O–H groups in total. The minimum Gasteiger partial charge on any atom is -0.292 e. The topological polar surface area (TPSA) is 42.9 Å². The van der Waals surface area contributed by atoms with Gasteiger partial charge in [-0.2, -0.15) is 0 Å². The van der Waals surface area contributed by atoms with Crippen LogP contribution in [0.25, 0.3) is 21.5 Å². The standard InChI is InChI=1S/C16H12N2OS/c19-13-4-1-5-14-15(13)18-16(20-14)11-6-7-12-10(9-11)3-2-8-17-12/h2-3,6-9H,1,4-5H2. The fourth-order valence-corrected chi connectivity index (χ4v) is 3.72. The summed E-state index contributed by atoms with van der Waals surface area (Å²) in [5.41, 5.74) is 2.74. The molecule has 1 aliphatic carbocycles. The quantitative estimate of drug-likeness (QED) is 0.679. The normalized spacial score (nSPS) is 14.5. The van der Waals surface area contributed by atoms with Crippen LogP contribution in [0.4, 0.5) is 0 Å². The predicted molar refractivity (Wildman–Crippen MR) is 80.1 cm³/mol. The van der Waals surface area contributed by atoms with E-state index < -0.39 is 0 Å². The van der Waals surface area contributed by atoms with Gasteiger partial charge in [0.05, 0.1) is 5.52 Å². The first-order valence-corrected chi connectivity index (χ1v) is 7.51. The van der Waals surface area contributed by atoms with Crippen LogP contribution < -0.4 is 0 Å². The minimum atomic E-state index is 0.191. The summed E-state index contributed by atoms with van der Waals surface area (Å²) in [6.45, 7) is 0. The van der Waals surface area contributed by atoms with Crippen LogP contribution in [0, 0.1) is 0 Å². The van der Waals surface area contributed by atoms with E-state index in [9.17, 15) is 4.79 Å². The highest BCUT2D eigenvalue weighted by atomic mass is 32.1. The second kappa shape index (κ2) is 4.49. The Hall–Kier alpha value is -2.07. The summed E-state index contributed by atoms with van der Waals surface area (Å²) in [5.74, 6) is 0.191. The van der Waals surface area contributed by atoms with Gasteiger partial charge in [0.15, 0.2) is 5.78 Å². The van der Waals surface area contributed by atoms with Gasteiger partial charge in [-0.3, -0.25) is 9.78 Å². The summed E-state index contributed by atoms with van der Waals surface area (Å²) in [5, 5.41) is 2.04. The maximum absolute atomic E-state index is 11.9. The molecular weight excluding hydrogens is 268 g/mol. The van der Waals surface area contributed by atoms with Gasteiger partial charge in [0.25, 0.3) is 0 Å². The van der Waals surface area contributed by atoms with Gasteiger partial charge in [0.1, 0.15) is 10.7 Å². The van der Waals surface area contributed by atoms with Crippen LogP contribution in [0.5, 0.6) is 0 Å². The summed E-state index contributed by atoms with van der Waals surface area (Å²) in [6, 6.07) is 10.1. The van der Waals surface area contributed by atoms with Crippen LogP contribution in [0.3, 0.4) is 0 Å². The van der Waals surface area contributed by atoms with Gasteiger partial charge >= 0.3 is 0 Å². The van der Waals surface area contributed by atoms with E-state index in [0.29, 0.717) is 12.1 Å². The Labute approximate surface area is 120 Å². The Bertz CT molecular complexity index is 822. The van der Waals surface area contributed by atoms with E-state index in [1.807, 2.05) is 24.3 Å². The molecule has 0 spiro atoms. The van der Waals surface area contributed by atoms with E-state index in [1.54, 1.807) is 17.5 Å². The SMILES string of the molecule is O=C1CCCc2sc(-c3ccc4ncccc4c3)nc21. The lowest BCUT2D eigenvalue weighted by molar-refractivity contribution is 0.0968. The molecule has 0 saturated carbocycles. The second-order valence-electron chi connectivity index (χ2n) is 4.98. The van der Waals surface area contributed by atoms with Crippen molar-refractivity contribution in [2.45, 2.75) is 19.3 Å². The van der Waals surface area contributed by atoms with Gasteiger partial charge in [-0.25, -0.2) is 4.98 Å². The average molecular weight is 280 g/mol. The van der Waals surface area contributed by atoms with Crippen LogP contribution in [0.1, 0.15) is 28.2 Å². The number of carbonyl (C=O) groups is 1. The third kappa shape index (κ3) is 1.84. The van der Waals surface area contributed by atoms with E-state index in [2.05, 4.69) is 16.0 Å². The largest absolute Gasteiger partial charge is 0.292 e. The monoisotopic (exact) mass is 280 g/mol. The molecule has 2 aromatic heterocycles. The third-order valence-corrected chi connectivity index (χ3v) is 4.78. The number of carbonyl (C=O) groups excluding carboxylic acids is 1. The van der Waals surface area contributed by atoms with Crippen molar-refractivity contribution in [1.82, 2.24) is 9.97 Å². The first-order chi connectivity index (χ1) is 9.81. The van der Waals surface area contributed by atoms with E-state index in [1.165, 1.54) is 0 Å². The summed E-state index contributed by atoms with van der Waals surface area (Å²) < 4.78 is 0. The molecular formula is C16H12N2OS. The van der Waals surface area contributed by atoms with E-state index in [4.69, 9.17) is 0 Å². The zero-order chi connectivity index (χ0) is 13.5. The predicted octanol–water partition coefficient (Wildman–Crippen LogP) is 3.88. The Balaban J connectivity index is 1.85. The maximum Gasteiger partial charge on any atom is 0.182 e. The Morgan fingerprint density at radius 1 is 1.15 bits per heavy atom. The maximum atomic E-state index is 11.9. The third-order valence-electron chi connectivity index (χ3n) is 3.62. The molecule has 0 atom stereocenters. The van der Waals surface area contributed by atoms with Crippen LogP contribution >= 0.6 is 11.3 Å². The van der Waals surface area contributed by atoms with Crippen molar-refractivity contribution in [2.24, 2.45) is 0 Å². The van der Waals surface area contributed by atoms with Crippen molar-refractivity contribution in [3.8, 4) is 10.6 Å². The number of hydrogen-bond acceptors (Lipinski definition) is 4. The lowest BCUT2D eigenvalue weighted by Gasteiger charge is -2.06. The molecule has 4 rings (SSSR count). The van der Waals surface area contributed by atoms with Crippen LogP contribution in [-0.2, 0) is 6.42 Å². The zero-order valence-corrected chi connectivity index (χ0v) is 11.6. The molecule has 0 radical (unpaired) electrons. The number of nitrogens with zero attached hydrogens (tertiary/aromatic N) is 2. The van der Waals surface area contributed by atoms with Gasteiger partial charge in [-0.15, -0.1) is 11.3 Å². The fourth-order valence-electron chi connectivity index (χ4n) is 2.60. The molecule has 0 unspecified atom stereocenters. The van der Waals surface area contributed by atoms with Crippen molar-refractivity contribution in [1.29, 1.82) is 0 Å². The lowest BCUT2D eigenvalue weighted by atomic mass is 10.0. The highest BCUT2D eigenvalue weighted by Gasteiger charge is 2.22. The van der Waals surface area contributed by atoms with Gasteiger partial charge in [-0.05, 0) is 37.1 Å². The van der Waals surface area contributed by atoms with Crippen LogP contribution in [0.15, 0.2) is 36.5 Å². The summed E-state index contributed by atoms with van der Waals surface area (Å²) in [4.78, 5) is 21.9. The lowest BCUT2D eigenvalue weighted by Crippen LogP contribution is -2.08. The van der Waals surface area contributed by atoms with Crippen LogP contribution in [0.2, 0.25) is 0 Å². The van der Waals surface area contributed by atoms with E-state index in [-0.39, 0.29) is 5.78 Å². The van der Waals surface area contributed by atoms with Crippen molar-refractivity contribution < 1.29 is 4.79 Å². The molecule has 0 amide bonds. The molecule has 0 bridgehead atoms. The molecule has 98 valence electrons. The average Bonchev–Trinajstić information content (AvgIpc) is 2.92. The summed E-state index contributed by atoms with van der Waals surface area (Å²) in [6.07, 6.45) is 4.36. The molecule has 3 nitrogen and oxygen atoms in total. The molecule has 1 aliphatic rings. The first-order valence-electron chi connectivity index (χ1n) is 6.69. The van der Waals surface area contributed by atoms with E-state index >= 15 is 0 Å². The Morgan fingerprint density at radius 2 is 2.10 bits per heavy atom. The van der Waals surface area contributed by atoms with Crippen LogP contribution in [-0.4, -0.2) is 15.8 Å². The molecule has 20 heavy (non-hydrogen) atoms. The van der Waals surface area contributed by atoms with Gasteiger partial charge in [0, 0.05) is 28.4 Å². The second-order valence-corrected chi connectivity index (χ2v) is 6.06. The van der Waals surface area contributed by atoms with Gasteiger partial charge in [-0.1, -0.05) is 6.07 Å². The highest BCUT2D eigenvalue weighted by Crippen LogP contribution is 2.33. The fraction of sp³-hybridized carbons (Fsp3) is 0.188. The number of aryl methyl sites for hydroxylation is 1. The molecule has 0 fully saturated rings. The van der Waals surface area contributed by atoms with Gasteiger partial charge < -0.3 is 0 Å². The summed E-state index contributed by atoms with van der Waals surface area (Å²) >= 11 is 1.65. The molecule has 0 saturated heterocycles. The molecule has 4 heteroatoms. The van der Waals surface area contributed by atoms with Crippen molar-refractivity contribution in [3.05, 3.63) is 47.1 Å². The smallest absolute Gasteiger partial charge is 0.182 e. The highest BCUT2D eigenvalue weighted by molar-refractivity contribution is 7.15. The molecule has 2 heterocycles.